The Hall–Kier alpha value is -0.750. The number of alkyl halides is 2. The Labute approximate surface area is 106 Å². The first-order valence-electron chi connectivity index (χ1n) is 6.21. The van der Waals surface area contributed by atoms with Gasteiger partial charge in [0.25, 0.3) is 0 Å². The summed E-state index contributed by atoms with van der Waals surface area (Å²) in [7, 11) is 0. The highest BCUT2D eigenvalue weighted by Crippen LogP contribution is 2.31. The molecule has 4 nitrogen and oxygen atoms in total. The Morgan fingerprint density at radius 2 is 2.17 bits per heavy atom. The fourth-order valence-electron chi connectivity index (χ4n) is 2.01. The van der Waals surface area contributed by atoms with Gasteiger partial charge in [0.1, 0.15) is 6.10 Å². The summed E-state index contributed by atoms with van der Waals surface area (Å²) in [4.78, 5) is 12.9. The van der Waals surface area contributed by atoms with E-state index < -0.39 is 24.4 Å². The molecule has 0 bridgehead atoms. The largest absolute Gasteiger partial charge is 0.456 e. The van der Waals surface area contributed by atoms with E-state index in [1.54, 1.807) is 0 Å². The molecule has 1 unspecified atom stereocenters. The predicted octanol–water partition coefficient (Wildman–Crippen LogP) is 1.24. The molecule has 0 aromatic rings. The summed E-state index contributed by atoms with van der Waals surface area (Å²) in [6.45, 7) is 8.24. The number of hydrogen-bond acceptors (Lipinski definition) is 4. The molecule has 1 rings (SSSR count). The predicted molar refractivity (Wildman–Crippen MR) is 64.4 cm³/mol. The fourth-order valence-corrected chi connectivity index (χ4v) is 2.01. The second-order valence-corrected chi connectivity index (χ2v) is 5.63. The van der Waals surface area contributed by atoms with Crippen LogP contribution in [0, 0.1) is 5.41 Å². The van der Waals surface area contributed by atoms with E-state index in [1.165, 1.54) is 0 Å². The number of esters is 1. The second-order valence-electron chi connectivity index (χ2n) is 5.63. The number of rotatable bonds is 6. The Bertz CT molecular complexity index is 308. The Balaban J connectivity index is 2.53. The summed E-state index contributed by atoms with van der Waals surface area (Å²) < 4.78 is 30.8. The van der Waals surface area contributed by atoms with E-state index in [0.717, 1.165) is 0 Å². The van der Waals surface area contributed by atoms with Crippen LogP contribution in [-0.4, -0.2) is 49.1 Å². The number of hydrogen-bond donors (Lipinski definition) is 1. The van der Waals surface area contributed by atoms with Gasteiger partial charge in [0.15, 0.2) is 0 Å². The normalized spacial score (nSPS) is 23.5. The third-order valence-corrected chi connectivity index (χ3v) is 3.17. The molecule has 1 atom stereocenters. The maximum absolute atomic E-state index is 13.0. The zero-order valence-electron chi connectivity index (χ0n) is 11.2. The number of halogens is 2. The molecule has 0 aromatic heterocycles. The van der Waals surface area contributed by atoms with Gasteiger partial charge in [-0.15, -0.1) is 0 Å². The number of ether oxygens (including phenoxy) is 1. The maximum Gasteiger partial charge on any atom is 0.377 e. The molecule has 106 valence electrons. The van der Waals surface area contributed by atoms with E-state index in [0.29, 0.717) is 26.2 Å². The zero-order chi connectivity index (χ0) is 14.0. The second kappa shape index (κ2) is 5.48. The van der Waals surface area contributed by atoms with Crippen molar-refractivity contribution in [2.45, 2.75) is 39.2 Å². The lowest BCUT2D eigenvalue weighted by atomic mass is 9.93. The number of cyclic esters (lactones) is 1. The van der Waals surface area contributed by atoms with Crippen molar-refractivity contribution in [1.29, 1.82) is 0 Å². The van der Waals surface area contributed by atoms with Gasteiger partial charge in [-0.25, -0.2) is 4.79 Å². The van der Waals surface area contributed by atoms with Crippen molar-refractivity contribution in [2.24, 2.45) is 11.1 Å². The topological polar surface area (TPSA) is 55.6 Å². The van der Waals surface area contributed by atoms with Crippen LogP contribution in [-0.2, 0) is 9.53 Å². The number of likely N-dealkylation sites (N-methyl/N-ethyl adjacent to an activating group) is 1. The molecule has 1 saturated heterocycles. The molecule has 1 aliphatic rings. The molecule has 2 N–H and O–H groups in total. The zero-order valence-corrected chi connectivity index (χ0v) is 11.2. The van der Waals surface area contributed by atoms with Crippen LogP contribution in [0.2, 0.25) is 0 Å². The quantitative estimate of drug-likeness (QED) is 0.733. The van der Waals surface area contributed by atoms with Crippen LogP contribution in [0.1, 0.15) is 27.2 Å². The van der Waals surface area contributed by atoms with Gasteiger partial charge in [-0.1, -0.05) is 20.8 Å². The first-order chi connectivity index (χ1) is 8.20. The third kappa shape index (κ3) is 3.88. The van der Waals surface area contributed by atoms with Gasteiger partial charge in [0.2, 0.25) is 0 Å². The minimum absolute atomic E-state index is 0.0822. The van der Waals surface area contributed by atoms with Crippen LogP contribution in [0.4, 0.5) is 8.78 Å². The summed E-state index contributed by atoms with van der Waals surface area (Å²) in [6.07, 6.45) is -1.24. The van der Waals surface area contributed by atoms with Crippen LogP contribution >= 0.6 is 0 Å². The minimum atomic E-state index is -3.33. The molecule has 0 amide bonds. The summed E-state index contributed by atoms with van der Waals surface area (Å²) in [6, 6.07) is 0. The molecule has 18 heavy (non-hydrogen) atoms. The highest BCUT2D eigenvalue weighted by atomic mass is 19.3. The lowest BCUT2D eigenvalue weighted by Crippen LogP contribution is -2.42. The van der Waals surface area contributed by atoms with Crippen molar-refractivity contribution >= 4 is 5.97 Å². The van der Waals surface area contributed by atoms with E-state index in [1.807, 2.05) is 25.7 Å². The van der Waals surface area contributed by atoms with E-state index in [2.05, 4.69) is 0 Å². The van der Waals surface area contributed by atoms with Gasteiger partial charge >= 0.3 is 11.9 Å². The average Bonchev–Trinajstić information content (AvgIpc) is 2.51. The fraction of sp³-hybridized carbons (Fsp3) is 0.917. The highest BCUT2D eigenvalue weighted by molar-refractivity contribution is 5.79. The van der Waals surface area contributed by atoms with Crippen molar-refractivity contribution in [1.82, 2.24) is 4.90 Å². The van der Waals surface area contributed by atoms with Gasteiger partial charge in [0.05, 0.1) is 6.42 Å². The summed E-state index contributed by atoms with van der Waals surface area (Å²) >= 11 is 0. The number of carbonyl (C=O) groups is 1. The van der Waals surface area contributed by atoms with Crippen molar-refractivity contribution in [2.75, 3.05) is 26.2 Å². The first kappa shape index (κ1) is 15.3. The number of carbonyl (C=O) groups excluding carboxylic acids is 1. The van der Waals surface area contributed by atoms with E-state index in [4.69, 9.17) is 10.5 Å². The smallest absolute Gasteiger partial charge is 0.377 e. The maximum atomic E-state index is 13.0. The SMILES string of the molecule is CCN(CC1CC(F)(F)C(=O)O1)CC(C)(C)CN. The van der Waals surface area contributed by atoms with Crippen LogP contribution in [0.25, 0.3) is 0 Å². The molecule has 1 aliphatic heterocycles. The van der Waals surface area contributed by atoms with Crippen molar-refractivity contribution < 1.29 is 18.3 Å². The number of nitrogens with two attached hydrogens (primary N) is 1. The van der Waals surface area contributed by atoms with Gasteiger partial charge in [-0.2, -0.15) is 8.78 Å². The van der Waals surface area contributed by atoms with Crippen molar-refractivity contribution in [3.63, 3.8) is 0 Å². The van der Waals surface area contributed by atoms with Gasteiger partial charge in [-0.3, -0.25) is 4.90 Å². The molecular formula is C12H22F2N2O2. The molecule has 0 aliphatic carbocycles. The monoisotopic (exact) mass is 264 g/mol. The minimum Gasteiger partial charge on any atom is -0.456 e. The lowest BCUT2D eigenvalue weighted by Gasteiger charge is -2.32. The Kier molecular flexibility index (Phi) is 4.66. The van der Waals surface area contributed by atoms with Crippen LogP contribution in [0.5, 0.6) is 0 Å². The molecule has 6 heteroatoms. The molecule has 0 radical (unpaired) electrons. The highest BCUT2D eigenvalue weighted by Gasteiger charge is 2.51. The first-order valence-corrected chi connectivity index (χ1v) is 6.21. The van der Waals surface area contributed by atoms with E-state index in [9.17, 15) is 13.6 Å². The third-order valence-electron chi connectivity index (χ3n) is 3.17. The molecule has 0 saturated carbocycles. The Morgan fingerprint density at radius 1 is 1.56 bits per heavy atom. The van der Waals surface area contributed by atoms with Gasteiger partial charge in [0, 0.05) is 13.1 Å². The lowest BCUT2D eigenvalue weighted by molar-refractivity contribution is -0.159. The molecule has 0 aromatic carbocycles. The van der Waals surface area contributed by atoms with Crippen molar-refractivity contribution in [3.05, 3.63) is 0 Å². The van der Waals surface area contributed by atoms with Gasteiger partial charge in [-0.05, 0) is 18.5 Å². The van der Waals surface area contributed by atoms with Crippen LogP contribution < -0.4 is 5.73 Å². The Morgan fingerprint density at radius 3 is 2.56 bits per heavy atom. The van der Waals surface area contributed by atoms with Gasteiger partial charge < -0.3 is 10.5 Å². The van der Waals surface area contributed by atoms with Crippen molar-refractivity contribution in [3.8, 4) is 0 Å². The van der Waals surface area contributed by atoms with Crippen LogP contribution in [0.3, 0.4) is 0 Å². The summed E-state index contributed by atoms with van der Waals surface area (Å²) in [5.74, 6) is -4.73. The van der Waals surface area contributed by atoms with E-state index in [-0.39, 0.29) is 5.41 Å². The summed E-state index contributed by atoms with van der Waals surface area (Å²) in [5, 5.41) is 0. The van der Waals surface area contributed by atoms with E-state index >= 15 is 0 Å². The molecular weight excluding hydrogens is 242 g/mol. The number of nitrogens with zero attached hydrogens (tertiary/aromatic N) is 1. The average molecular weight is 264 g/mol. The molecule has 1 heterocycles. The molecule has 0 spiro atoms. The van der Waals surface area contributed by atoms with Crippen LogP contribution in [0.15, 0.2) is 0 Å². The standard InChI is InChI=1S/C12H22F2N2O2/c1-4-16(8-11(2,3)7-15)6-9-5-12(13,14)10(17)18-9/h9H,4-8,15H2,1-3H3. The molecule has 1 fully saturated rings. The summed E-state index contributed by atoms with van der Waals surface area (Å²) in [5.41, 5.74) is 5.57.